The molecule has 1 amide bonds. The Kier molecular flexibility index (Phi) is 4.48. The van der Waals surface area contributed by atoms with Gasteiger partial charge in [-0.25, -0.2) is 4.79 Å². The van der Waals surface area contributed by atoms with E-state index in [2.05, 4.69) is 0 Å². The molecule has 10 heteroatoms. The number of halogens is 3. The molecular formula is C10H11F3N2O4S. The van der Waals surface area contributed by atoms with Crippen molar-refractivity contribution in [2.75, 3.05) is 11.8 Å². The largest absolute Gasteiger partial charge is 0.516 e. The number of alkyl halides is 3. The van der Waals surface area contributed by atoms with Crippen LogP contribution in [-0.4, -0.2) is 37.1 Å². The van der Waals surface area contributed by atoms with Gasteiger partial charge in [-0.1, -0.05) is 18.2 Å². The fourth-order valence-corrected chi connectivity index (χ4v) is 1.89. The number of para-hydroxylation sites is 1. The summed E-state index contributed by atoms with van der Waals surface area (Å²) in [5.41, 5.74) is -5.66. The first-order valence-electron chi connectivity index (χ1n) is 5.15. The van der Waals surface area contributed by atoms with Gasteiger partial charge in [0.05, 0.1) is 12.2 Å². The van der Waals surface area contributed by atoms with Crippen molar-refractivity contribution in [3.63, 3.8) is 0 Å². The number of hydrogen-bond acceptors (Lipinski definition) is 3. The number of hydrogen-bond donors (Lipinski definition) is 2. The Morgan fingerprint density at radius 1 is 1.35 bits per heavy atom. The van der Waals surface area contributed by atoms with Crippen LogP contribution in [0.25, 0.3) is 0 Å². The quantitative estimate of drug-likeness (QED) is 0.891. The van der Waals surface area contributed by atoms with Crippen molar-refractivity contribution in [1.29, 1.82) is 0 Å². The summed E-state index contributed by atoms with van der Waals surface area (Å²) in [6.07, 6.45) is -1.29. The van der Waals surface area contributed by atoms with Crippen molar-refractivity contribution in [2.24, 2.45) is 0 Å². The molecule has 0 heterocycles. The predicted molar refractivity (Wildman–Crippen MR) is 64.5 cm³/mol. The van der Waals surface area contributed by atoms with Crippen molar-refractivity contribution in [2.45, 2.75) is 12.1 Å². The zero-order chi connectivity index (χ0) is 15.6. The van der Waals surface area contributed by atoms with Gasteiger partial charge in [0.1, 0.15) is 0 Å². The second-order valence-corrected chi connectivity index (χ2v) is 5.52. The van der Waals surface area contributed by atoms with Gasteiger partial charge in [0.25, 0.3) is 0 Å². The maximum absolute atomic E-state index is 12.3. The van der Waals surface area contributed by atoms with Crippen molar-refractivity contribution >= 4 is 21.8 Å². The molecule has 0 fully saturated rings. The molecule has 0 saturated heterocycles. The first kappa shape index (κ1) is 16.1. The van der Waals surface area contributed by atoms with E-state index in [9.17, 15) is 26.4 Å². The van der Waals surface area contributed by atoms with Crippen LogP contribution in [0.4, 0.5) is 23.7 Å². The third-order valence-electron chi connectivity index (χ3n) is 2.30. The van der Waals surface area contributed by atoms with Crippen LogP contribution in [0.15, 0.2) is 24.3 Å². The topological polar surface area (TPSA) is 86.7 Å². The zero-order valence-electron chi connectivity index (χ0n) is 10.2. The summed E-state index contributed by atoms with van der Waals surface area (Å²) in [6, 6.07) is 5.23. The fourth-order valence-electron chi connectivity index (χ4n) is 1.28. The monoisotopic (exact) mass is 312 g/mol. The van der Waals surface area contributed by atoms with E-state index >= 15 is 0 Å². The van der Waals surface area contributed by atoms with Gasteiger partial charge in [-0.3, -0.25) is 4.72 Å². The maximum Gasteiger partial charge on any atom is 0.516 e. The minimum absolute atomic E-state index is 0.102. The first-order valence-corrected chi connectivity index (χ1v) is 6.64. The van der Waals surface area contributed by atoms with Crippen molar-refractivity contribution < 1.29 is 31.5 Å². The van der Waals surface area contributed by atoms with E-state index in [1.807, 2.05) is 0 Å². The van der Waals surface area contributed by atoms with Gasteiger partial charge in [0.2, 0.25) is 0 Å². The van der Waals surface area contributed by atoms with Crippen molar-refractivity contribution in [1.82, 2.24) is 4.90 Å². The number of benzene rings is 1. The minimum Gasteiger partial charge on any atom is -0.465 e. The summed E-state index contributed by atoms with van der Waals surface area (Å²) in [7, 11) is -4.34. The second-order valence-electron chi connectivity index (χ2n) is 3.85. The van der Waals surface area contributed by atoms with Crippen LogP contribution < -0.4 is 4.72 Å². The van der Waals surface area contributed by atoms with E-state index in [1.54, 1.807) is 0 Å². The Balaban J connectivity index is 3.06. The standard InChI is InChI=1S/C10H11F3N2O4S/c1-15(9(16)17)6-7-4-2-3-5-8(7)14-20(18,19)10(11,12)13/h2-5,14H,6H2,1H3,(H,16,17). The van der Waals surface area contributed by atoms with Gasteiger partial charge in [-0.05, 0) is 11.6 Å². The summed E-state index contributed by atoms with van der Waals surface area (Å²) >= 11 is 0. The third kappa shape index (κ3) is 3.76. The lowest BCUT2D eigenvalue weighted by Crippen LogP contribution is -2.31. The minimum atomic E-state index is -5.55. The number of rotatable bonds is 4. The Bertz CT molecular complexity index is 601. The highest BCUT2D eigenvalue weighted by atomic mass is 32.2. The lowest BCUT2D eigenvalue weighted by Gasteiger charge is -2.17. The number of anilines is 1. The van der Waals surface area contributed by atoms with Crippen LogP contribution in [0.2, 0.25) is 0 Å². The van der Waals surface area contributed by atoms with E-state index < -0.39 is 21.6 Å². The van der Waals surface area contributed by atoms with Gasteiger partial charge >= 0.3 is 21.6 Å². The highest BCUT2D eigenvalue weighted by molar-refractivity contribution is 7.93. The average Bonchev–Trinajstić information content (AvgIpc) is 2.29. The number of nitrogens with one attached hydrogen (secondary N) is 1. The van der Waals surface area contributed by atoms with Crippen molar-refractivity contribution in [3.05, 3.63) is 29.8 Å². The van der Waals surface area contributed by atoms with Gasteiger partial charge in [0.15, 0.2) is 0 Å². The number of amides is 1. The summed E-state index contributed by atoms with van der Waals surface area (Å²) in [5, 5.41) is 8.70. The SMILES string of the molecule is CN(Cc1ccccc1NS(=O)(=O)C(F)(F)F)C(=O)O. The molecule has 6 nitrogen and oxygen atoms in total. The molecule has 0 aromatic heterocycles. The third-order valence-corrected chi connectivity index (χ3v) is 3.40. The molecule has 1 aromatic carbocycles. The summed E-state index contributed by atoms with van der Waals surface area (Å²) in [6.45, 7) is -0.258. The van der Waals surface area contributed by atoms with E-state index in [4.69, 9.17) is 5.11 Å². The van der Waals surface area contributed by atoms with Crippen LogP contribution in [0.1, 0.15) is 5.56 Å². The average molecular weight is 312 g/mol. The van der Waals surface area contributed by atoms with Crippen LogP contribution in [0.3, 0.4) is 0 Å². The summed E-state index contributed by atoms with van der Waals surface area (Å²) in [4.78, 5) is 11.5. The smallest absolute Gasteiger partial charge is 0.465 e. The summed E-state index contributed by atoms with van der Waals surface area (Å²) in [5.74, 6) is 0. The number of sulfonamides is 1. The summed E-state index contributed by atoms with van der Waals surface area (Å²) < 4.78 is 60.3. The number of nitrogens with zero attached hydrogens (tertiary/aromatic N) is 1. The molecule has 112 valence electrons. The second kappa shape index (κ2) is 5.57. The van der Waals surface area contributed by atoms with Gasteiger partial charge < -0.3 is 10.0 Å². The molecule has 0 spiro atoms. The Labute approximate surface area is 112 Å². The van der Waals surface area contributed by atoms with E-state index in [0.29, 0.717) is 0 Å². The molecule has 0 aliphatic heterocycles. The van der Waals surface area contributed by atoms with Crippen LogP contribution in [-0.2, 0) is 16.6 Å². The molecular weight excluding hydrogens is 301 g/mol. The van der Waals surface area contributed by atoms with Crippen LogP contribution in [0.5, 0.6) is 0 Å². The van der Waals surface area contributed by atoms with E-state index in [1.165, 1.54) is 30.0 Å². The van der Waals surface area contributed by atoms with Crippen LogP contribution >= 0.6 is 0 Å². The first-order chi connectivity index (χ1) is 9.04. The molecule has 1 aromatic rings. The van der Waals surface area contributed by atoms with Gasteiger partial charge in [0, 0.05) is 7.05 Å². The van der Waals surface area contributed by atoms with E-state index in [-0.39, 0.29) is 17.8 Å². The fraction of sp³-hybridized carbons (Fsp3) is 0.300. The molecule has 0 atom stereocenters. The molecule has 0 aliphatic carbocycles. The Morgan fingerprint density at radius 3 is 2.40 bits per heavy atom. The lowest BCUT2D eigenvalue weighted by molar-refractivity contribution is -0.0429. The molecule has 0 unspecified atom stereocenters. The number of carboxylic acid groups (broad SMARTS) is 1. The Hall–Kier alpha value is -1.97. The highest BCUT2D eigenvalue weighted by Gasteiger charge is 2.46. The Morgan fingerprint density at radius 2 is 1.90 bits per heavy atom. The highest BCUT2D eigenvalue weighted by Crippen LogP contribution is 2.27. The molecule has 2 N–H and O–H groups in total. The predicted octanol–water partition coefficient (Wildman–Crippen LogP) is 2.06. The lowest BCUT2D eigenvalue weighted by atomic mass is 10.2. The number of carbonyl (C=O) groups is 1. The van der Waals surface area contributed by atoms with Gasteiger partial charge in [-0.2, -0.15) is 21.6 Å². The molecule has 0 bridgehead atoms. The zero-order valence-corrected chi connectivity index (χ0v) is 11.0. The van der Waals surface area contributed by atoms with Crippen LogP contribution in [0, 0.1) is 0 Å². The molecule has 1 rings (SSSR count). The molecule has 0 saturated carbocycles. The maximum atomic E-state index is 12.3. The molecule has 0 radical (unpaired) electrons. The molecule has 0 aliphatic rings. The van der Waals surface area contributed by atoms with E-state index in [0.717, 1.165) is 11.0 Å². The normalized spacial score (nSPS) is 12.0. The van der Waals surface area contributed by atoms with Crippen molar-refractivity contribution in [3.8, 4) is 0 Å². The van der Waals surface area contributed by atoms with Gasteiger partial charge in [-0.15, -0.1) is 0 Å². The molecule has 20 heavy (non-hydrogen) atoms.